The Bertz CT molecular complexity index is 78.9. The molecule has 0 spiro atoms. The van der Waals surface area contributed by atoms with E-state index < -0.39 is 0 Å². The third-order valence-electron chi connectivity index (χ3n) is 2.35. The molecule has 0 aromatic rings. The van der Waals surface area contributed by atoms with E-state index in [-0.39, 0.29) is 0 Å². The minimum absolute atomic E-state index is 0.886. The molecule has 0 nitrogen and oxygen atoms in total. The average molecular weight is 154 g/mol. The van der Waals surface area contributed by atoms with E-state index in [4.69, 9.17) is 0 Å². The van der Waals surface area contributed by atoms with Crippen LogP contribution in [0.1, 0.15) is 53.4 Å². The van der Waals surface area contributed by atoms with E-state index in [1.165, 1.54) is 33.0 Å². The van der Waals surface area contributed by atoms with Crippen LogP contribution in [0.2, 0.25) is 11.6 Å². The van der Waals surface area contributed by atoms with Gasteiger partial charge in [0.15, 0.2) is 0 Å². The van der Waals surface area contributed by atoms with Gasteiger partial charge in [0.2, 0.25) is 0 Å². The summed E-state index contributed by atoms with van der Waals surface area (Å²) in [6, 6.07) is 0. The molecule has 0 fully saturated rings. The largest absolute Gasteiger partial charge is 0.126 e. The van der Waals surface area contributed by atoms with Crippen molar-refractivity contribution >= 4 is 7.28 Å². The van der Waals surface area contributed by atoms with Crippen LogP contribution in [0.15, 0.2) is 0 Å². The Hall–Kier alpha value is 0.0649. The summed E-state index contributed by atoms with van der Waals surface area (Å²) < 4.78 is 0. The van der Waals surface area contributed by atoms with E-state index in [1.807, 2.05) is 0 Å². The lowest BCUT2D eigenvalue weighted by Gasteiger charge is -2.14. The van der Waals surface area contributed by atoms with E-state index in [9.17, 15) is 0 Å². The maximum absolute atomic E-state index is 2.33. The predicted molar refractivity (Wildman–Crippen MR) is 55.8 cm³/mol. The first kappa shape index (κ1) is 11.1. The van der Waals surface area contributed by atoms with Gasteiger partial charge in [-0.3, -0.25) is 0 Å². The first-order valence-corrected chi connectivity index (χ1v) is 5.20. The molecule has 0 saturated heterocycles. The van der Waals surface area contributed by atoms with Gasteiger partial charge in [-0.15, -0.1) is 0 Å². The van der Waals surface area contributed by atoms with Crippen LogP contribution in [0.4, 0.5) is 0 Å². The molecule has 1 atom stereocenters. The van der Waals surface area contributed by atoms with Gasteiger partial charge in [-0.25, -0.2) is 0 Å². The highest BCUT2D eigenvalue weighted by Crippen LogP contribution is 2.21. The number of unbranched alkanes of at least 4 members (excludes halogenated alkanes) is 1. The summed E-state index contributed by atoms with van der Waals surface area (Å²) in [5.41, 5.74) is 0. The molecular formula is C10H23B. The molecule has 11 heavy (non-hydrogen) atoms. The van der Waals surface area contributed by atoms with Gasteiger partial charge in [0.05, 0.1) is 0 Å². The summed E-state index contributed by atoms with van der Waals surface area (Å²) in [4.78, 5) is 0. The molecule has 0 heterocycles. The van der Waals surface area contributed by atoms with Crippen LogP contribution < -0.4 is 0 Å². The zero-order valence-corrected chi connectivity index (χ0v) is 8.69. The summed E-state index contributed by atoms with van der Waals surface area (Å²) >= 11 is 0. The van der Waals surface area contributed by atoms with Crippen molar-refractivity contribution in [2.75, 3.05) is 0 Å². The molecule has 0 aliphatic carbocycles. The molecule has 0 aromatic carbocycles. The van der Waals surface area contributed by atoms with Crippen LogP contribution in [0.5, 0.6) is 0 Å². The summed E-state index contributed by atoms with van der Waals surface area (Å²) in [6.45, 7) is 9.26. The highest BCUT2D eigenvalue weighted by atomic mass is 14.0. The fraction of sp³-hybridized carbons (Fsp3) is 1.00. The van der Waals surface area contributed by atoms with Crippen molar-refractivity contribution in [2.24, 2.45) is 0 Å². The highest BCUT2D eigenvalue weighted by molar-refractivity contribution is 6.39. The number of hydrogen-bond acceptors (Lipinski definition) is 0. The van der Waals surface area contributed by atoms with E-state index >= 15 is 0 Å². The van der Waals surface area contributed by atoms with Gasteiger partial charge in [0.1, 0.15) is 7.28 Å². The monoisotopic (exact) mass is 154 g/mol. The summed E-state index contributed by atoms with van der Waals surface area (Å²) in [6.07, 6.45) is 5.60. The maximum atomic E-state index is 2.33. The lowest BCUT2D eigenvalue weighted by Crippen LogP contribution is -2.05. The number of hydrogen-bond donors (Lipinski definition) is 0. The van der Waals surface area contributed by atoms with Crippen molar-refractivity contribution in [3.8, 4) is 0 Å². The van der Waals surface area contributed by atoms with E-state index in [1.54, 1.807) is 0 Å². The van der Waals surface area contributed by atoms with Crippen LogP contribution in [0, 0.1) is 0 Å². The second kappa shape index (κ2) is 6.76. The Morgan fingerprint density at radius 1 is 1.18 bits per heavy atom. The standard InChI is InChI=1S/C10H23B/c1-5-7-8-10(6-2)11-9(3)4/h9-11H,5-8H2,1-4H3. The van der Waals surface area contributed by atoms with Crippen molar-refractivity contribution in [2.45, 2.75) is 65.0 Å². The zero-order chi connectivity index (χ0) is 8.69. The highest BCUT2D eigenvalue weighted by Gasteiger charge is 2.09. The van der Waals surface area contributed by atoms with Gasteiger partial charge in [-0.2, -0.15) is 0 Å². The molecule has 0 aromatic heterocycles. The Labute approximate surface area is 73.0 Å². The predicted octanol–water partition coefficient (Wildman–Crippen LogP) is 3.64. The molecule has 1 heteroatoms. The Kier molecular flexibility index (Phi) is 6.80. The average Bonchev–Trinajstić information content (AvgIpc) is 1.97. The van der Waals surface area contributed by atoms with E-state index in [2.05, 4.69) is 27.7 Å². The minimum atomic E-state index is 0.886. The molecule has 0 bridgehead atoms. The second-order valence-corrected chi connectivity index (χ2v) is 4.05. The molecular weight excluding hydrogens is 131 g/mol. The van der Waals surface area contributed by atoms with Crippen molar-refractivity contribution < 1.29 is 0 Å². The molecule has 0 amide bonds. The first-order valence-electron chi connectivity index (χ1n) is 5.20. The van der Waals surface area contributed by atoms with Crippen LogP contribution in [0.25, 0.3) is 0 Å². The molecule has 1 unspecified atom stereocenters. The normalized spacial score (nSPS) is 13.5. The third kappa shape index (κ3) is 6.46. The lowest BCUT2D eigenvalue weighted by atomic mass is 9.54. The third-order valence-corrected chi connectivity index (χ3v) is 2.35. The van der Waals surface area contributed by atoms with Gasteiger partial charge in [-0.1, -0.05) is 65.0 Å². The SMILES string of the molecule is CCCCC(BC(C)C)CC. The quantitative estimate of drug-likeness (QED) is 0.512. The molecule has 0 N–H and O–H groups in total. The van der Waals surface area contributed by atoms with Crippen molar-refractivity contribution in [1.29, 1.82) is 0 Å². The van der Waals surface area contributed by atoms with Crippen LogP contribution in [-0.4, -0.2) is 7.28 Å². The van der Waals surface area contributed by atoms with Crippen molar-refractivity contribution in [3.05, 3.63) is 0 Å². The molecule has 0 radical (unpaired) electrons. The summed E-state index contributed by atoms with van der Waals surface area (Å²) in [5.74, 6) is 1.88. The minimum Gasteiger partial charge on any atom is -0.0710 e. The Morgan fingerprint density at radius 3 is 2.18 bits per heavy atom. The van der Waals surface area contributed by atoms with Gasteiger partial charge >= 0.3 is 0 Å². The molecule has 0 aliphatic heterocycles. The Morgan fingerprint density at radius 2 is 1.82 bits per heavy atom. The molecule has 0 saturated carbocycles. The van der Waals surface area contributed by atoms with E-state index in [0.29, 0.717) is 0 Å². The van der Waals surface area contributed by atoms with Crippen LogP contribution in [-0.2, 0) is 0 Å². The fourth-order valence-corrected chi connectivity index (χ4v) is 1.65. The van der Waals surface area contributed by atoms with Gasteiger partial charge < -0.3 is 0 Å². The van der Waals surface area contributed by atoms with Crippen LogP contribution >= 0.6 is 0 Å². The molecule has 0 rings (SSSR count). The lowest BCUT2D eigenvalue weighted by molar-refractivity contribution is 0.644. The summed E-state index contributed by atoms with van der Waals surface area (Å²) in [7, 11) is 1.43. The van der Waals surface area contributed by atoms with E-state index in [0.717, 1.165) is 11.6 Å². The number of rotatable bonds is 6. The zero-order valence-electron chi connectivity index (χ0n) is 8.69. The maximum Gasteiger partial charge on any atom is 0.126 e. The van der Waals surface area contributed by atoms with Crippen molar-refractivity contribution in [3.63, 3.8) is 0 Å². The van der Waals surface area contributed by atoms with Crippen LogP contribution in [0.3, 0.4) is 0 Å². The van der Waals surface area contributed by atoms with Gasteiger partial charge in [0.25, 0.3) is 0 Å². The molecule has 66 valence electrons. The Balaban J connectivity index is 3.41. The van der Waals surface area contributed by atoms with Crippen molar-refractivity contribution in [1.82, 2.24) is 0 Å². The van der Waals surface area contributed by atoms with Gasteiger partial charge in [-0.05, 0) is 0 Å². The topological polar surface area (TPSA) is 0 Å². The smallest absolute Gasteiger partial charge is 0.0710 e. The fourth-order valence-electron chi connectivity index (χ4n) is 1.65. The van der Waals surface area contributed by atoms with Gasteiger partial charge in [0, 0.05) is 0 Å². The second-order valence-electron chi connectivity index (χ2n) is 4.05. The first-order chi connectivity index (χ1) is 5.20. The summed E-state index contributed by atoms with van der Waals surface area (Å²) in [5, 5.41) is 0. The molecule has 0 aliphatic rings.